The molecule has 28 heavy (non-hydrogen) atoms. The van der Waals surface area contributed by atoms with Crippen LogP contribution in [0.15, 0.2) is 36.5 Å². The number of imidazole rings is 1. The molecule has 0 aliphatic carbocycles. The minimum Gasteiger partial charge on any atom is -0.485 e. The predicted octanol–water partition coefficient (Wildman–Crippen LogP) is 3.00. The third-order valence-corrected chi connectivity index (χ3v) is 4.12. The van der Waals surface area contributed by atoms with E-state index < -0.39 is 23.1 Å². The summed E-state index contributed by atoms with van der Waals surface area (Å²) < 4.78 is 34.8. The molecular formula is C20H21F2N3O3. The molecule has 8 heteroatoms. The number of hydrogen-bond acceptors (Lipinski definition) is 4. The summed E-state index contributed by atoms with van der Waals surface area (Å²) in [4.78, 5) is 16.9. The molecule has 0 aliphatic heterocycles. The van der Waals surface area contributed by atoms with E-state index in [1.165, 1.54) is 6.07 Å². The van der Waals surface area contributed by atoms with Gasteiger partial charge in [-0.05, 0) is 45.0 Å². The lowest BCUT2D eigenvalue weighted by molar-refractivity contribution is 0.0691. The Balaban J connectivity index is 1.89. The standard InChI is InChI=1S/C20H21F2N3O3/c1-12-17(19(26)23-11-20(2,3)27)25-9-5-8-16(18(25)24-12)28-10-13-14(21)6-4-7-15(13)22/h4-9,27H,10-11H2,1-3H3,(H,23,26). The summed E-state index contributed by atoms with van der Waals surface area (Å²) in [5, 5.41) is 12.5. The lowest BCUT2D eigenvalue weighted by Gasteiger charge is -2.17. The van der Waals surface area contributed by atoms with E-state index in [4.69, 9.17) is 4.74 Å². The molecule has 3 rings (SSSR count). The summed E-state index contributed by atoms with van der Waals surface area (Å²) in [5.74, 6) is -1.50. The summed E-state index contributed by atoms with van der Waals surface area (Å²) >= 11 is 0. The SMILES string of the molecule is Cc1nc2c(OCc3c(F)cccc3F)cccn2c1C(=O)NCC(C)(C)O. The Morgan fingerprint density at radius 2 is 1.93 bits per heavy atom. The Morgan fingerprint density at radius 3 is 2.57 bits per heavy atom. The number of aromatic nitrogens is 2. The van der Waals surface area contributed by atoms with E-state index in [-0.39, 0.29) is 24.5 Å². The van der Waals surface area contributed by atoms with Crippen molar-refractivity contribution in [3.63, 3.8) is 0 Å². The van der Waals surface area contributed by atoms with Crippen LogP contribution in [0.5, 0.6) is 5.75 Å². The largest absolute Gasteiger partial charge is 0.485 e. The summed E-state index contributed by atoms with van der Waals surface area (Å²) in [6.45, 7) is 4.60. The molecule has 0 atom stereocenters. The highest BCUT2D eigenvalue weighted by molar-refractivity contribution is 5.95. The van der Waals surface area contributed by atoms with Crippen LogP contribution in [-0.2, 0) is 6.61 Å². The first kappa shape index (κ1) is 19.8. The van der Waals surface area contributed by atoms with Gasteiger partial charge in [0.25, 0.3) is 5.91 Å². The van der Waals surface area contributed by atoms with Crippen LogP contribution in [0.2, 0.25) is 0 Å². The fraction of sp³-hybridized carbons (Fsp3) is 0.300. The molecule has 0 unspecified atom stereocenters. The average molecular weight is 389 g/mol. The number of pyridine rings is 1. The normalized spacial score (nSPS) is 11.6. The molecule has 0 spiro atoms. The van der Waals surface area contributed by atoms with Gasteiger partial charge in [0, 0.05) is 12.7 Å². The molecule has 0 fully saturated rings. The Bertz CT molecular complexity index is 1010. The number of rotatable bonds is 6. The first-order valence-corrected chi connectivity index (χ1v) is 8.71. The number of ether oxygens (including phenoxy) is 1. The third kappa shape index (κ3) is 4.12. The van der Waals surface area contributed by atoms with Crippen LogP contribution >= 0.6 is 0 Å². The van der Waals surface area contributed by atoms with Gasteiger partial charge in [-0.2, -0.15) is 0 Å². The summed E-state index contributed by atoms with van der Waals surface area (Å²) in [5.41, 5.74) is -0.133. The summed E-state index contributed by atoms with van der Waals surface area (Å²) in [6.07, 6.45) is 1.64. The second-order valence-electron chi connectivity index (χ2n) is 7.10. The number of fused-ring (bicyclic) bond motifs is 1. The molecule has 2 N–H and O–H groups in total. The molecular weight excluding hydrogens is 368 g/mol. The van der Waals surface area contributed by atoms with Gasteiger partial charge < -0.3 is 15.2 Å². The molecule has 6 nitrogen and oxygen atoms in total. The number of carbonyl (C=O) groups excluding carboxylic acids is 1. The minimum atomic E-state index is -1.05. The second-order valence-corrected chi connectivity index (χ2v) is 7.10. The number of carbonyl (C=O) groups is 1. The Morgan fingerprint density at radius 1 is 1.25 bits per heavy atom. The number of hydrogen-bond donors (Lipinski definition) is 2. The van der Waals surface area contributed by atoms with Gasteiger partial charge in [0.2, 0.25) is 0 Å². The van der Waals surface area contributed by atoms with Crippen LogP contribution < -0.4 is 10.1 Å². The molecule has 0 radical (unpaired) electrons. The molecule has 2 aromatic heterocycles. The minimum absolute atomic E-state index is 0.0707. The monoisotopic (exact) mass is 389 g/mol. The molecule has 2 heterocycles. The zero-order valence-corrected chi connectivity index (χ0v) is 15.8. The van der Waals surface area contributed by atoms with Gasteiger partial charge in [-0.1, -0.05) is 6.07 Å². The van der Waals surface area contributed by atoms with Crippen molar-refractivity contribution in [2.24, 2.45) is 0 Å². The molecule has 0 aliphatic rings. The van der Waals surface area contributed by atoms with Gasteiger partial charge in [0.15, 0.2) is 11.4 Å². The van der Waals surface area contributed by atoms with Crippen LogP contribution in [0.4, 0.5) is 8.78 Å². The van der Waals surface area contributed by atoms with Crippen LogP contribution in [0.1, 0.15) is 35.6 Å². The number of nitrogens with zero attached hydrogens (tertiary/aromatic N) is 2. The lowest BCUT2D eigenvalue weighted by Crippen LogP contribution is -2.38. The van der Waals surface area contributed by atoms with Gasteiger partial charge in [0.1, 0.15) is 23.9 Å². The topological polar surface area (TPSA) is 75.9 Å². The van der Waals surface area contributed by atoms with E-state index in [9.17, 15) is 18.7 Å². The third-order valence-electron chi connectivity index (χ3n) is 4.12. The van der Waals surface area contributed by atoms with Crippen molar-refractivity contribution in [2.45, 2.75) is 33.0 Å². The molecule has 148 valence electrons. The van der Waals surface area contributed by atoms with E-state index >= 15 is 0 Å². The quantitative estimate of drug-likeness (QED) is 0.680. The maximum Gasteiger partial charge on any atom is 0.270 e. The van der Waals surface area contributed by atoms with Crippen molar-refractivity contribution in [1.82, 2.24) is 14.7 Å². The van der Waals surface area contributed by atoms with Crippen molar-refractivity contribution >= 4 is 11.6 Å². The number of benzene rings is 1. The molecule has 1 amide bonds. The number of aliphatic hydroxyl groups is 1. The van der Waals surface area contributed by atoms with Crippen molar-refractivity contribution in [3.05, 3.63) is 65.1 Å². The second kappa shape index (κ2) is 7.55. The van der Waals surface area contributed by atoms with Gasteiger partial charge in [-0.15, -0.1) is 0 Å². The van der Waals surface area contributed by atoms with Crippen molar-refractivity contribution in [3.8, 4) is 5.75 Å². The molecule has 0 saturated heterocycles. The fourth-order valence-electron chi connectivity index (χ4n) is 2.74. The molecule has 3 aromatic rings. The van der Waals surface area contributed by atoms with Crippen LogP contribution in [0.3, 0.4) is 0 Å². The predicted molar refractivity (Wildman–Crippen MR) is 99.3 cm³/mol. The van der Waals surface area contributed by atoms with Gasteiger partial charge >= 0.3 is 0 Å². The van der Waals surface area contributed by atoms with Crippen LogP contribution in [0.25, 0.3) is 5.65 Å². The summed E-state index contributed by atoms with van der Waals surface area (Å²) in [6, 6.07) is 6.86. The van der Waals surface area contributed by atoms with E-state index in [0.29, 0.717) is 17.0 Å². The number of nitrogens with one attached hydrogen (secondary N) is 1. The lowest BCUT2D eigenvalue weighted by atomic mass is 10.1. The van der Waals surface area contributed by atoms with Crippen LogP contribution in [-0.4, -0.2) is 32.5 Å². The van der Waals surface area contributed by atoms with Crippen molar-refractivity contribution in [2.75, 3.05) is 6.54 Å². The Hall–Kier alpha value is -3.00. The van der Waals surface area contributed by atoms with E-state index in [1.807, 2.05) is 0 Å². The smallest absolute Gasteiger partial charge is 0.270 e. The van der Waals surface area contributed by atoms with Gasteiger partial charge in [-0.25, -0.2) is 13.8 Å². The highest BCUT2D eigenvalue weighted by Gasteiger charge is 2.21. The first-order chi connectivity index (χ1) is 13.2. The zero-order valence-electron chi connectivity index (χ0n) is 15.8. The van der Waals surface area contributed by atoms with Crippen molar-refractivity contribution in [1.29, 1.82) is 0 Å². The molecule has 1 aromatic carbocycles. The van der Waals surface area contributed by atoms with Gasteiger partial charge in [-0.3, -0.25) is 9.20 Å². The maximum absolute atomic E-state index is 13.8. The first-order valence-electron chi connectivity index (χ1n) is 8.71. The highest BCUT2D eigenvalue weighted by atomic mass is 19.1. The molecule has 0 saturated carbocycles. The fourth-order valence-corrected chi connectivity index (χ4v) is 2.74. The van der Waals surface area contributed by atoms with Crippen molar-refractivity contribution < 1.29 is 23.4 Å². The number of aryl methyl sites for hydroxylation is 1. The van der Waals surface area contributed by atoms with E-state index in [2.05, 4.69) is 10.3 Å². The Kier molecular flexibility index (Phi) is 5.33. The van der Waals surface area contributed by atoms with Gasteiger partial charge in [0.05, 0.1) is 16.9 Å². The van der Waals surface area contributed by atoms with E-state index in [1.54, 1.807) is 43.5 Å². The Labute approximate surface area is 160 Å². The number of halogens is 2. The van der Waals surface area contributed by atoms with E-state index in [0.717, 1.165) is 12.1 Å². The number of amides is 1. The maximum atomic E-state index is 13.8. The average Bonchev–Trinajstić information content (AvgIpc) is 2.95. The molecule has 0 bridgehead atoms. The summed E-state index contributed by atoms with van der Waals surface area (Å²) in [7, 11) is 0. The highest BCUT2D eigenvalue weighted by Crippen LogP contribution is 2.24. The van der Waals surface area contributed by atoms with Crippen LogP contribution in [0, 0.1) is 18.6 Å². The zero-order chi connectivity index (χ0) is 20.5.